The van der Waals surface area contributed by atoms with Gasteiger partial charge in [-0.1, -0.05) is 12.1 Å². The number of carbonyl (C=O) groups excluding carboxylic acids is 1. The molecule has 1 aromatic rings. The largest absolute Gasteiger partial charge is 0.357 e. The minimum atomic E-state index is 0.316. The lowest BCUT2D eigenvalue weighted by Gasteiger charge is -2.45. The molecule has 0 bridgehead atoms. The van der Waals surface area contributed by atoms with Crippen molar-refractivity contribution in [3.8, 4) is 0 Å². The molecule has 2 fully saturated rings. The summed E-state index contributed by atoms with van der Waals surface area (Å²) >= 11 is 0. The quantitative estimate of drug-likeness (QED) is 0.836. The van der Waals surface area contributed by atoms with Gasteiger partial charge in [0, 0.05) is 37.1 Å². The second-order valence-electron chi connectivity index (χ2n) is 8.24. The molecule has 3 heterocycles. The van der Waals surface area contributed by atoms with Gasteiger partial charge in [0.15, 0.2) is 0 Å². The highest BCUT2D eigenvalue weighted by atomic mass is 16.2. The zero-order valence-electron chi connectivity index (χ0n) is 14.7. The van der Waals surface area contributed by atoms with Crippen LogP contribution in [-0.2, 0) is 4.79 Å². The number of likely N-dealkylation sites (tertiary alicyclic amines) is 1. The summed E-state index contributed by atoms with van der Waals surface area (Å²) in [6, 6.07) is 8.23. The van der Waals surface area contributed by atoms with Gasteiger partial charge < -0.3 is 14.7 Å². The minimum absolute atomic E-state index is 0.316. The molecule has 1 saturated heterocycles. The Morgan fingerprint density at radius 1 is 1.17 bits per heavy atom. The van der Waals surface area contributed by atoms with Crippen LogP contribution in [0.3, 0.4) is 0 Å². The Kier molecular flexibility index (Phi) is 3.21. The summed E-state index contributed by atoms with van der Waals surface area (Å²) in [4.78, 5) is 20.1. The second kappa shape index (κ2) is 5.22. The zero-order valence-corrected chi connectivity index (χ0v) is 14.7. The molecule has 4 aliphatic rings. The van der Waals surface area contributed by atoms with E-state index in [0.717, 1.165) is 13.1 Å². The number of carbonyl (C=O) groups is 1. The number of hydrogen-bond donors (Lipinski definition) is 0. The first-order valence-electron chi connectivity index (χ1n) is 9.61. The maximum atomic E-state index is 12.9. The molecule has 4 heteroatoms. The predicted octanol–water partition coefficient (Wildman–Crippen LogP) is 2.97. The molecular formula is C20H27N3O. The van der Waals surface area contributed by atoms with Gasteiger partial charge in [0.05, 0.1) is 17.9 Å². The Morgan fingerprint density at radius 3 is 2.71 bits per heavy atom. The van der Waals surface area contributed by atoms with Crippen LogP contribution in [0.15, 0.2) is 18.2 Å². The number of nitrogens with zero attached hydrogens (tertiary/aromatic N) is 3. The van der Waals surface area contributed by atoms with E-state index in [1.807, 2.05) is 0 Å². The summed E-state index contributed by atoms with van der Waals surface area (Å²) < 4.78 is 0. The van der Waals surface area contributed by atoms with Gasteiger partial charge in [-0.15, -0.1) is 0 Å². The van der Waals surface area contributed by atoms with E-state index < -0.39 is 0 Å². The Bertz CT molecular complexity index is 681. The number of fused-ring (bicyclic) bond motifs is 3. The van der Waals surface area contributed by atoms with Gasteiger partial charge in [0.1, 0.15) is 0 Å². The lowest BCUT2D eigenvalue weighted by Crippen LogP contribution is -2.55. The molecule has 0 radical (unpaired) electrons. The maximum absolute atomic E-state index is 12.9. The van der Waals surface area contributed by atoms with Crippen molar-refractivity contribution in [1.82, 2.24) is 4.90 Å². The Balaban J connectivity index is 1.57. The summed E-state index contributed by atoms with van der Waals surface area (Å²) in [5.41, 5.74) is 4.06. The number of para-hydroxylation sites is 1. The van der Waals surface area contributed by atoms with E-state index >= 15 is 0 Å². The molecule has 24 heavy (non-hydrogen) atoms. The van der Waals surface area contributed by atoms with Gasteiger partial charge in [0.2, 0.25) is 5.91 Å². The molecule has 4 nitrogen and oxygen atoms in total. The van der Waals surface area contributed by atoms with E-state index in [0.29, 0.717) is 36.5 Å². The van der Waals surface area contributed by atoms with Crippen molar-refractivity contribution in [3.05, 3.63) is 23.8 Å². The molecular weight excluding hydrogens is 298 g/mol. The van der Waals surface area contributed by atoms with Crippen molar-refractivity contribution in [2.75, 3.05) is 29.4 Å². The highest BCUT2D eigenvalue weighted by molar-refractivity contribution is 6.05. The lowest BCUT2D eigenvalue weighted by atomic mass is 9.88. The molecule has 0 N–H and O–H groups in total. The number of benzene rings is 1. The van der Waals surface area contributed by atoms with Crippen LogP contribution in [0.4, 0.5) is 11.4 Å². The topological polar surface area (TPSA) is 26.8 Å². The number of rotatable bonds is 2. The highest BCUT2D eigenvalue weighted by Crippen LogP contribution is 2.52. The van der Waals surface area contributed by atoms with Gasteiger partial charge in [-0.25, -0.2) is 0 Å². The van der Waals surface area contributed by atoms with E-state index in [-0.39, 0.29) is 0 Å². The van der Waals surface area contributed by atoms with E-state index in [2.05, 4.69) is 46.7 Å². The van der Waals surface area contributed by atoms with E-state index in [1.54, 1.807) is 0 Å². The summed E-state index contributed by atoms with van der Waals surface area (Å²) in [5.74, 6) is 0.876. The first-order chi connectivity index (χ1) is 11.6. The average Bonchev–Trinajstić information content (AvgIpc) is 2.84. The van der Waals surface area contributed by atoms with Crippen molar-refractivity contribution < 1.29 is 4.79 Å². The van der Waals surface area contributed by atoms with E-state index in [9.17, 15) is 4.79 Å². The molecule has 128 valence electrons. The van der Waals surface area contributed by atoms with Crippen LogP contribution < -0.4 is 9.80 Å². The molecule has 5 rings (SSSR count). The summed E-state index contributed by atoms with van der Waals surface area (Å²) in [6.45, 7) is 7.46. The van der Waals surface area contributed by atoms with Gasteiger partial charge in [-0.2, -0.15) is 0 Å². The zero-order chi connectivity index (χ0) is 16.4. The average molecular weight is 325 g/mol. The first kappa shape index (κ1) is 14.8. The molecule has 0 spiro atoms. The smallest absolute Gasteiger partial charge is 0.246 e. The third-order valence-corrected chi connectivity index (χ3v) is 6.74. The maximum Gasteiger partial charge on any atom is 0.246 e. The van der Waals surface area contributed by atoms with Crippen LogP contribution in [0.1, 0.15) is 51.0 Å². The molecule has 1 aliphatic carbocycles. The summed E-state index contributed by atoms with van der Waals surface area (Å²) in [6.07, 6.45) is 4.78. The van der Waals surface area contributed by atoms with Crippen LogP contribution in [0, 0.1) is 0 Å². The van der Waals surface area contributed by atoms with Crippen LogP contribution >= 0.6 is 0 Å². The van der Waals surface area contributed by atoms with Crippen LogP contribution in [0.5, 0.6) is 0 Å². The molecule has 1 saturated carbocycles. The lowest BCUT2D eigenvalue weighted by molar-refractivity contribution is -0.118. The molecule has 0 unspecified atom stereocenters. The van der Waals surface area contributed by atoms with Gasteiger partial charge in [-0.05, 0) is 51.2 Å². The molecule has 0 aromatic heterocycles. The summed E-state index contributed by atoms with van der Waals surface area (Å²) in [7, 11) is 0. The number of anilines is 2. The van der Waals surface area contributed by atoms with Gasteiger partial charge >= 0.3 is 0 Å². The fraction of sp³-hybridized carbons (Fsp3) is 0.650. The molecule has 1 amide bonds. The Morgan fingerprint density at radius 2 is 2.00 bits per heavy atom. The fourth-order valence-corrected chi connectivity index (χ4v) is 5.23. The molecule has 1 aromatic carbocycles. The van der Waals surface area contributed by atoms with Crippen LogP contribution in [0.2, 0.25) is 0 Å². The van der Waals surface area contributed by atoms with Gasteiger partial charge in [0.25, 0.3) is 0 Å². The van der Waals surface area contributed by atoms with Crippen molar-refractivity contribution >= 4 is 17.3 Å². The predicted molar refractivity (Wildman–Crippen MR) is 96.8 cm³/mol. The standard InChI is InChI=1S/C20H27N3O/c1-13(2)21-10-9-17-16(11-21)15-7-4-8-18-20(15)22(17)12-19(24)23(18)14-5-3-6-14/h4,7-8,13-14,16-17H,3,5-6,9-12H2,1-2H3/t16-,17-/m0/s1. The molecule has 3 aliphatic heterocycles. The number of hydrogen-bond acceptors (Lipinski definition) is 3. The fourth-order valence-electron chi connectivity index (χ4n) is 5.23. The highest BCUT2D eigenvalue weighted by Gasteiger charge is 2.48. The second-order valence-corrected chi connectivity index (χ2v) is 8.24. The number of amides is 1. The monoisotopic (exact) mass is 325 g/mol. The third kappa shape index (κ3) is 1.92. The SMILES string of the molecule is CC(C)N1CC[C@H]2[C@@H](C1)c1cccc3c1N2CC(=O)N3C1CCC1. The van der Waals surface area contributed by atoms with Crippen LogP contribution in [0.25, 0.3) is 0 Å². The van der Waals surface area contributed by atoms with Crippen LogP contribution in [-0.4, -0.2) is 48.6 Å². The van der Waals surface area contributed by atoms with Crippen molar-refractivity contribution in [1.29, 1.82) is 0 Å². The summed E-state index contributed by atoms with van der Waals surface area (Å²) in [5, 5.41) is 0. The minimum Gasteiger partial charge on any atom is -0.357 e. The van der Waals surface area contributed by atoms with E-state index in [1.165, 1.54) is 42.6 Å². The van der Waals surface area contributed by atoms with Crippen molar-refractivity contribution in [3.63, 3.8) is 0 Å². The van der Waals surface area contributed by atoms with Gasteiger partial charge in [-0.3, -0.25) is 4.79 Å². The Labute approximate surface area is 144 Å². The van der Waals surface area contributed by atoms with Crippen molar-refractivity contribution in [2.45, 2.75) is 63.6 Å². The number of piperidine rings is 1. The first-order valence-corrected chi connectivity index (χ1v) is 9.61. The third-order valence-electron chi connectivity index (χ3n) is 6.74. The normalized spacial score (nSPS) is 29.7. The van der Waals surface area contributed by atoms with E-state index in [4.69, 9.17) is 0 Å². The molecule has 2 atom stereocenters. The Hall–Kier alpha value is -1.55. The van der Waals surface area contributed by atoms with Crippen molar-refractivity contribution in [2.24, 2.45) is 0 Å².